The fourth-order valence-corrected chi connectivity index (χ4v) is 5.84. The first-order valence-corrected chi connectivity index (χ1v) is 13.7. The second-order valence-corrected chi connectivity index (χ2v) is 10.3. The van der Waals surface area contributed by atoms with Crippen molar-refractivity contribution >= 4 is 55.0 Å². The molecular weight excluding hydrogens is 520 g/mol. The van der Waals surface area contributed by atoms with E-state index in [0.29, 0.717) is 5.82 Å². The number of pyridine rings is 2. The first-order valence-electron chi connectivity index (χ1n) is 13.7. The molecule has 0 amide bonds. The molecule has 9 rings (SSSR count). The molecule has 6 heteroatoms. The van der Waals surface area contributed by atoms with E-state index in [1.54, 1.807) is 0 Å². The highest BCUT2D eigenvalue weighted by Crippen LogP contribution is 2.40. The van der Waals surface area contributed by atoms with Crippen molar-refractivity contribution in [3.05, 3.63) is 122 Å². The average molecular weight is 541 g/mol. The summed E-state index contributed by atoms with van der Waals surface area (Å²) in [5.41, 5.74) is 10.3. The van der Waals surface area contributed by atoms with Crippen LogP contribution >= 0.6 is 0 Å². The third-order valence-electron chi connectivity index (χ3n) is 7.82. The normalized spacial score (nSPS) is 11.8. The van der Waals surface area contributed by atoms with Crippen molar-refractivity contribution < 1.29 is 8.83 Å². The van der Waals surface area contributed by atoms with E-state index in [1.807, 2.05) is 104 Å². The van der Waals surface area contributed by atoms with Gasteiger partial charge < -0.3 is 8.83 Å². The molecule has 0 saturated carbocycles. The third-order valence-corrected chi connectivity index (χ3v) is 7.82. The average Bonchev–Trinajstić information content (AvgIpc) is 3.63. The van der Waals surface area contributed by atoms with E-state index in [1.165, 1.54) is 0 Å². The molecule has 196 valence electrons. The molecule has 0 aliphatic rings. The summed E-state index contributed by atoms with van der Waals surface area (Å²) in [6.45, 7) is 0. The summed E-state index contributed by atoms with van der Waals surface area (Å²) in [4.78, 5) is 19.0. The number of benzene rings is 4. The van der Waals surface area contributed by atoms with Crippen LogP contribution in [0, 0.1) is 0 Å². The Morgan fingerprint density at radius 1 is 0.500 bits per heavy atom. The molecule has 0 fully saturated rings. The molecule has 42 heavy (non-hydrogen) atoms. The van der Waals surface area contributed by atoms with Crippen molar-refractivity contribution in [1.29, 1.82) is 0 Å². The molecule has 0 atom stereocenters. The molecular formula is C36H20N4O2. The van der Waals surface area contributed by atoms with Crippen LogP contribution in [0.15, 0.2) is 131 Å². The number of para-hydroxylation sites is 3. The predicted molar refractivity (Wildman–Crippen MR) is 166 cm³/mol. The molecule has 0 N–H and O–H groups in total. The lowest BCUT2D eigenvalue weighted by atomic mass is 9.95. The van der Waals surface area contributed by atoms with Gasteiger partial charge in [-0.1, -0.05) is 42.5 Å². The minimum atomic E-state index is 0.640. The van der Waals surface area contributed by atoms with E-state index in [9.17, 15) is 0 Å². The summed E-state index contributed by atoms with van der Waals surface area (Å²) in [5.74, 6) is 0.640. The Morgan fingerprint density at radius 3 is 1.69 bits per heavy atom. The molecule has 0 radical (unpaired) electrons. The van der Waals surface area contributed by atoms with Gasteiger partial charge in [-0.3, -0.25) is 9.97 Å². The van der Waals surface area contributed by atoms with Gasteiger partial charge in [0.15, 0.2) is 17.0 Å². The van der Waals surface area contributed by atoms with Gasteiger partial charge in [0.25, 0.3) is 0 Å². The quantitative estimate of drug-likeness (QED) is 0.222. The zero-order valence-corrected chi connectivity index (χ0v) is 22.2. The van der Waals surface area contributed by atoms with Crippen molar-refractivity contribution in [3.63, 3.8) is 0 Å². The second kappa shape index (κ2) is 8.81. The maximum atomic E-state index is 6.37. The van der Waals surface area contributed by atoms with Gasteiger partial charge in [0, 0.05) is 51.4 Å². The lowest BCUT2D eigenvalue weighted by molar-refractivity contribution is 0.669. The van der Waals surface area contributed by atoms with E-state index >= 15 is 0 Å². The molecule has 0 aliphatic heterocycles. The number of aromatic nitrogens is 4. The monoisotopic (exact) mass is 540 g/mol. The highest BCUT2D eigenvalue weighted by molar-refractivity contribution is 6.09. The highest BCUT2D eigenvalue weighted by Gasteiger charge is 2.18. The van der Waals surface area contributed by atoms with Crippen molar-refractivity contribution in [2.24, 2.45) is 0 Å². The first-order chi connectivity index (χ1) is 20.8. The van der Waals surface area contributed by atoms with Crippen molar-refractivity contribution in [2.75, 3.05) is 0 Å². The lowest BCUT2D eigenvalue weighted by Crippen LogP contribution is -1.93. The van der Waals surface area contributed by atoms with Crippen LogP contribution in [0.2, 0.25) is 0 Å². The largest absolute Gasteiger partial charge is 0.454 e. The molecule has 0 saturated heterocycles. The summed E-state index contributed by atoms with van der Waals surface area (Å²) in [7, 11) is 0. The van der Waals surface area contributed by atoms with Crippen LogP contribution in [0.5, 0.6) is 0 Å². The molecule has 6 nitrogen and oxygen atoms in total. The Balaban J connectivity index is 1.34. The molecule has 0 unspecified atom stereocenters. The maximum absolute atomic E-state index is 6.37. The van der Waals surface area contributed by atoms with Gasteiger partial charge in [-0.2, -0.15) is 0 Å². The van der Waals surface area contributed by atoms with Crippen molar-refractivity contribution in [2.45, 2.75) is 0 Å². The summed E-state index contributed by atoms with van der Waals surface area (Å²) < 4.78 is 12.7. The standard InChI is InChI=1S/C36H20N4O2/c1-4-10-29-21(7-1)20-39-36(40-29)24-18-22(25-13-15-37-32-27-8-2-5-11-30(27)41-34(25)32)17-23(19-24)26-14-16-38-33-28-9-3-6-12-31(28)42-35(26)33/h1-20H. The zero-order valence-electron chi connectivity index (χ0n) is 22.2. The minimum absolute atomic E-state index is 0.640. The Bertz CT molecular complexity index is 2360. The van der Waals surface area contributed by atoms with Gasteiger partial charge in [0.05, 0.1) is 5.52 Å². The van der Waals surface area contributed by atoms with Crippen LogP contribution in [0.1, 0.15) is 0 Å². The Morgan fingerprint density at radius 2 is 1.05 bits per heavy atom. The molecule has 0 bridgehead atoms. The number of nitrogens with zero attached hydrogens (tertiary/aromatic N) is 4. The van der Waals surface area contributed by atoms with Gasteiger partial charge in [-0.15, -0.1) is 0 Å². The van der Waals surface area contributed by atoms with Gasteiger partial charge >= 0.3 is 0 Å². The molecule has 0 aliphatic carbocycles. The maximum Gasteiger partial charge on any atom is 0.161 e. The zero-order chi connectivity index (χ0) is 27.6. The fraction of sp³-hybridized carbons (Fsp3) is 0. The fourth-order valence-electron chi connectivity index (χ4n) is 5.84. The number of hydrogen-bond acceptors (Lipinski definition) is 6. The Labute approximate surface area is 238 Å². The molecule has 4 aromatic carbocycles. The van der Waals surface area contributed by atoms with E-state index < -0.39 is 0 Å². The van der Waals surface area contributed by atoms with Crippen LogP contribution in [0.3, 0.4) is 0 Å². The van der Waals surface area contributed by atoms with Crippen molar-refractivity contribution in [1.82, 2.24) is 19.9 Å². The van der Waals surface area contributed by atoms with E-state index in [0.717, 1.165) is 82.9 Å². The summed E-state index contributed by atoms with van der Waals surface area (Å²) in [6, 6.07) is 34.4. The first kappa shape index (κ1) is 22.9. The molecule has 0 spiro atoms. The van der Waals surface area contributed by atoms with Gasteiger partial charge in [0.2, 0.25) is 0 Å². The lowest BCUT2D eigenvalue weighted by Gasteiger charge is -2.11. The van der Waals surface area contributed by atoms with Crippen LogP contribution in [0.25, 0.3) is 88.7 Å². The van der Waals surface area contributed by atoms with E-state index in [2.05, 4.69) is 28.2 Å². The number of hydrogen-bond donors (Lipinski definition) is 0. The summed E-state index contributed by atoms with van der Waals surface area (Å²) in [5, 5.41) is 2.97. The third kappa shape index (κ3) is 3.45. The smallest absolute Gasteiger partial charge is 0.161 e. The number of furan rings is 2. The van der Waals surface area contributed by atoms with Gasteiger partial charge in [-0.25, -0.2) is 9.97 Å². The van der Waals surface area contributed by atoms with Gasteiger partial charge in [-0.05, 0) is 71.8 Å². The van der Waals surface area contributed by atoms with Gasteiger partial charge in [0.1, 0.15) is 22.2 Å². The Hall–Kier alpha value is -5.88. The SMILES string of the molecule is c1ccc2nc(-c3cc(-c4ccnc5c4oc4ccccc45)cc(-c4ccnc5c4oc4ccccc45)c3)ncc2c1. The topological polar surface area (TPSA) is 77.8 Å². The number of rotatable bonds is 3. The second-order valence-electron chi connectivity index (χ2n) is 10.3. The summed E-state index contributed by atoms with van der Waals surface area (Å²) >= 11 is 0. The minimum Gasteiger partial charge on any atom is -0.454 e. The van der Waals surface area contributed by atoms with Crippen LogP contribution < -0.4 is 0 Å². The van der Waals surface area contributed by atoms with Crippen LogP contribution in [-0.4, -0.2) is 19.9 Å². The number of fused-ring (bicyclic) bond motifs is 7. The van der Waals surface area contributed by atoms with Crippen LogP contribution in [0.4, 0.5) is 0 Å². The molecule has 5 aromatic heterocycles. The predicted octanol–water partition coefficient (Wildman–Crippen LogP) is 9.22. The van der Waals surface area contributed by atoms with E-state index in [4.69, 9.17) is 18.8 Å². The Kier molecular flexibility index (Phi) is 4.80. The van der Waals surface area contributed by atoms with E-state index in [-0.39, 0.29) is 0 Å². The highest BCUT2D eigenvalue weighted by atomic mass is 16.3. The van der Waals surface area contributed by atoms with Crippen molar-refractivity contribution in [3.8, 4) is 33.6 Å². The molecule has 5 heterocycles. The van der Waals surface area contributed by atoms with Crippen LogP contribution in [-0.2, 0) is 0 Å². The molecule has 9 aromatic rings. The summed E-state index contributed by atoms with van der Waals surface area (Å²) in [6.07, 6.45) is 5.54.